The molecule has 0 bridgehead atoms. The lowest BCUT2D eigenvalue weighted by Crippen LogP contribution is -2.24. The number of fused-ring (bicyclic) bond motifs is 1. The number of hydrogen-bond acceptors (Lipinski definition) is 3. The number of pyridine rings is 1. The number of halogens is 2. The van der Waals surface area contributed by atoms with E-state index < -0.39 is 0 Å². The fraction of sp³-hybridized carbons (Fsp3) is 0.312. The summed E-state index contributed by atoms with van der Waals surface area (Å²) in [5.74, 6) is 1.55. The second kappa shape index (κ2) is 5.39. The summed E-state index contributed by atoms with van der Waals surface area (Å²) in [5, 5.41) is 0.915. The molecule has 1 aromatic carbocycles. The van der Waals surface area contributed by atoms with Crippen molar-refractivity contribution in [3.05, 3.63) is 51.8 Å². The summed E-state index contributed by atoms with van der Waals surface area (Å²) in [5.41, 5.74) is 1.76. The maximum Gasteiger partial charge on any atom is 0.165 e. The second-order valence-electron chi connectivity index (χ2n) is 5.67. The Bertz CT molecular complexity index is 686. The van der Waals surface area contributed by atoms with Gasteiger partial charge in [-0.15, -0.1) is 0 Å². The number of nitrogens with zero attached hydrogens (tertiary/aromatic N) is 1. The Morgan fingerprint density at radius 2 is 2.14 bits per heavy atom. The predicted molar refractivity (Wildman–Crippen MR) is 83.4 cm³/mol. The maximum absolute atomic E-state index is 6.12. The summed E-state index contributed by atoms with van der Waals surface area (Å²) in [7, 11) is 0. The fourth-order valence-corrected chi connectivity index (χ4v) is 2.82. The van der Waals surface area contributed by atoms with Crippen LogP contribution in [0.25, 0.3) is 0 Å². The smallest absolute Gasteiger partial charge is 0.165 e. The molecule has 2 heterocycles. The average Bonchev–Trinajstić information content (AvgIpc) is 2.72. The van der Waals surface area contributed by atoms with E-state index in [1.807, 2.05) is 12.1 Å². The lowest BCUT2D eigenvalue weighted by Gasteiger charge is -2.18. The SMILES string of the molecule is CC1(C)Cc2cccc(OCc3cnc(Cl)cc3Cl)c2O1. The lowest BCUT2D eigenvalue weighted by atomic mass is 10.0. The summed E-state index contributed by atoms with van der Waals surface area (Å²) in [6.07, 6.45) is 2.50. The van der Waals surface area contributed by atoms with E-state index in [2.05, 4.69) is 24.9 Å². The van der Waals surface area contributed by atoms with Crippen molar-refractivity contribution in [2.75, 3.05) is 0 Å². The molecular formula is C16H15Cl2NO2. The van der Waals surface area contributed by atoms with Gasteiger partial charge in [-0.3, -0.25) is 0 Å². The van der Waals surface area contributed by atoms with Crippen LogP contribution >= 0.6 is 23.2 Å². The Labute approximate surface area is 133 Å². The third-order valence-electron chi connectivity index (χ3n) is 3.33. The molecule has 0 N–H and O–H groups in total. The zero-order chi connectivity index (χ0) is 15.0. The van der Waals surface area contributed by atoms with Crippen molar-refractivity contribution in [3.8, 4) is 11.5 Å². The molecular weight excluding hydrogens is 309 g/mol. The van der Waals surface area contributed by atoms with Crippen molar-refractivity contribution in [1.82, 2.24) is 4.98 Å². The summed E-state index contributed by atoms with van der Waals surface area (Å²) in [6, 6.07) is 7.54. The molecule has 0 amide bonds. The molecule has 0 saturated heterocycles. The minimum absolute atomic E-state index is 0.193. The highest BCUT2D eigenvalue weighted by Crippen LogP contribution is 2.42. The van der Waals surface area contributed by atoms with Crippen LogP contribution in [0.4, 0.5) is 0 Å². The summed E-state index contributed by atoms with van der Waals surface area (Å²) < 4.78 is 11.8. The monoisotopic (exact) mass is 323 g/mol. The highest BCUT2D eigenvalue weighted by atomic mass is 35.5. The number of hydrogen-bond donors (Lipinski definition) is 0. The average molecular weight is 324 g/mol. The van der Waals surface area contributed by atoms with E-state index in [0.717, 1.165) is 29.0 Å². The zero-order valence-electron chi connectivity index (χ0n) is 11.8. The van der Waals surface area contributed by atoms with Gasteiger partial charge in [0, 0.05) is 23.7 Å². The normalized spacial score (nSPS) is 15.4. The van der Waals surface area contributed by atoms with Crippen LogP contribution in [0.5, 0.6) is 11.5 Å². The Hall–Kier alpha value is -1.45. The van der Waals surface area contributed by atoms with E-state index in [0.29, 0.717) is 16.8 Å². The molecule has 3 nitrogen and oxygen atoms in total. The molecule has 5 heteroatoms. The number of aromatic nitrogens is 1. The molecule has 0 saturated carbocycles. The van der Waals surface area contributed by atoms with E-state index in [1.165, 1.54) is 0 Å². The first-order valence-corrected chi connectivity index (χ1v) is 7.44. The van der Waals surface area contributed by atoms with Gasteiger partial charge in [0.15, 0.2) is 11.5 Å². The van der Waals surface area contributed by atoms with Gasteiger partial charge in [0.25, 0.3) is 0 Å². The third kappa shape index (κ3) is 3.09. The molecule has 0 aliphatic carbocycles. The third-order valence-corrected chi connectivity index (χ3v) is 3.89. The summed E-state index contributed by atoms with van der Waals surface area (Å²) >= 11 is 11.9. The second-order valence-corrected chi connectivity index (χ2v) is 6.46. The van der Waals surface area contributed by atoms with Crippen molar-refractivity contribution in [2.24, 2.45) is 0 Å². The topological polar surface area (TPSA) is 31.4 Å². The van der Waals surface area contributed by atoms with Gasteiger partial charge in [-0.2, -0.15) is 0 Å². The van der Waals surface area contributed by atoms with Crippen LogP contribution in [0, 0.1) is 0 Å². The molecule has 21 heavy (non-hydrogen) atoms. The quantitative estimate of drug-likeness (QED) is 0.768. The van der Waals surface area contributed by atoms with Crippen LogP contribution in [0.2, 0.25) is 10.2 Å². The molecule has 0 radical (unpaired) electrons. The molecule has 3 rings (SSSR count). The minimum Gasteiger partial charge on any atom is -0.485 e. The summed E-state index contributed by atoms with van der Waals surface area (Å²) in [4.78, 5) is 4.02. The van der Waals surface area contributed by atoms with Crippen LogP contribution in [0.3, 0.4) is 0 Å². The van der Waals surface area contributed by atoms with Gasteiger partial charge in [-0.05, 0) is 26.0 Å². The largest absolute Gasteiger partial charge is 0.485 e. The number of rotatable bonds is 3. The highest BCUT2D eigenvalue weighted by molar-refractivity contribution is 6.34. The fourth-order valence-electron chi connectivity index (χ4n) is 2.40. The van der Waals surface area contributed by atoms with Gasteiger partial charge < -0.3 is 9.47 Å². The molecule has 0 spiro atoms. The van der Waals surface area contributed by atoms with Crippen molar-refractivity contribution in [2.45, 2.75) is 32.5 Å². The van der Waals surface area contributed by atoms with E-state index in [4.69, 9.17) is 32.7 Å². The van der Waals surface area contributed by atoms with Crippen LogP contribution in [-0.2, 0) is 13.0 Å². The van der Waals surface area contributed by atoms with Crippen molar-refractivity contribution in [3.63, 3.8) is 0 Å². The molecule has 0 atom stereocenters. The van der Waals surface area contributed by atoms with Crippen LogP contribution in [-0.4, -0.2) is 10.6 Å². The van der Waals surface area contributed by atoms with Gasteiger partial charge in [-0.1, -0.05) is 35.3 Å². The van der Waals surface area contributed by atoms with Gasteiger partial charge in [0.05, 0.1) is 5.02 Å². The predicted octanol–water partition coefficient (Wildman–Crippen LogP) is 4.68. The van der Waals surface area contributed by atoms with E-state index in [-0.39, 0.29) is 5.60 Å². The lowest BCUT2D eigenvalue weighted by molar-refractivity contribution is 0.131. The first-order valence-electron chi connectivity index (χ1n) is 6.68. The Kier molecular flexibility index (Phi) is 3.72. The number of benzene rings is 1. The minimum atomic E-state index is -0.193. The van der Waals surface area contributed by atoms with Crippen LogP contribution in [0.1, 0.15) is 25.0 Å². The van der Waals surface area contributed by atoms with Gasteiger partial charge in [0.2, 0.25) is 0 Å². The van der Waals surface area contributed by atoms with Crippen molar-refractivity contribution < 1.29 is 9.47 Å². The number of para-hydroxylation sites is 1. The van der Waals surface area contributed by atoms with Gasteiger partial charge >= 0.3 is 0 Å². The van der Waals surface area contributed by atoms with E-state index in [9.17, 15) is 0 Å². The number of ether oxygens (including phenoxy) is 2. The Balaban J connectivity index is 1.80. The van der Waals surface area contributed by atoms with E-state index >= 15 is 0 Å². The first kappa shape index (κ1) is 14.5. The molecule has 1 aromatic heterocycles. The molecule has 2 aromatic rings. The summed E-state index contributed by atoms with van der Waals surface area (Å²) in [6.45, 7) is 4.46. The molecule has 1 aliphatic rings. The van der Waals surface area contributed by atoms with Crippen molar-refractivity contribution >= 4 is 23.2 Å². The van der Waals surface area contributed by atoms with Crippen LogP contribution < -0.4 is 9.47 Å². The molecule has 0 fully saturated rings. The molecule has 1 aliphatic heterocycles. The maximum atomic E-state index is 6.12. The first-order chi connectivity index (χ1) is 9.94. The van der Waals surface area contributed by atoms with Crippen molar-refractivity contribution in [1.29, 1.82) is 0 Å². The van der Waals surface area contributed by atoms with Gasteiger partial charge in [0.1, 0.15) is 17.4 Å². The van der Waals surface area contributed by atoms with Gasteiger partial charge in [-0.25, -0.2) is 4.98 Å². The Morgan fingerprint density at radius 3 is 2.90 bits per heavy atom. The molecule has 110 valence electrons. The Morgan fingerprint density at radius 1 is 1.33 bits per heavy atom. The van der Waals surface area contributed by atoms with E-state index in [1.54, 1.807) is 12.3 Å². The standard InChI is InChI=1S/C16H15Cl2NO2/c1-16(2)7-10-4-3-5-13(15(10)21-16)20-9-11-8-19-14(18)6-12(11)17/h3-6,8H,7,9H2,1-2H3. The molecule has 0 unspecified atom stereocenters. The van der Waals surface area contributed by atoms with Crippen LogP contribution in [0.15, 0.2) is 30.5 Å². The zero-order valence-corrected chi connectivity index (χ0v) is 13.3. The highest BCUT2D eigenvalue weighted by Gasteiger charge is 2.32.